The maximum Gasteiger partial charge on any atom is 0.170 e. The smallest absolute Gasteiger partial charge is 0.170 e. The number of aliphatic hydroxyl groups excluding tert-OH is 1. The van der Waals surface area contributed by atoms with Crippen LogP contribution in [-0.4, -0.2) is 47.9 Å². The molecule has 4 N–H and O–H groups in total. The first-order chi connectivity index (χ1) is 9.65. The van der Waals surface area contributed by atoms with E-state index >= 15 is 0 Å². The van der Waals surface area contributed by atoms with Crippen LogP contribution < -0.4 is 10.5 Å². The second kappa shape index (κ2) is 8.39. The number of ether oxygens (including phenoxy) is 1. The van der Waals surface area contributed by atoms with Crippen molar-refractivity contribution < 1.29 is 15.1 Å². The highest BCUT2D eigenvalue weighted by Crippen LogP contribution is 2.21. The molecule has 1 aromatic carbocycles. The van der Waals surface area contributed by atoms with E-state index < -0.39 is 0 Å². The second-order valence-corrected chi connectivity index (χ2v) is 4.46. The zero-order valence-corrected chi connectivity index (χ0v) is 12.0. The van der Waals surface area contributed by atoms with Crippen molar-refractivity contribution in [1.82, 2.24) is 4.90 Å². The minimum absolute atomic E-state index is 0.0762. The molecular weight excluding hydrogens is 258 g/mol. The Hall–Kier alpha value is -1.79. The molecule has 20 heavy (non-hydrogen) atoms. The molecule has 0 aliphatic rings. The average molecular weight is 281 g/mol. The van der Waals surface area contributed by atoms with Crippen LogP contribution in [0.4, 0.5) is 0 Å². The van der Waals surface area contributed by atoms with Crippen molar-refractivity contribution in [3.63, 3.8) is 0 Å². The summed E-state index contributed by atoms with van der Waals surface area (Å²) in [5.74, 6) is 0.842. The Morgan fingerprint density at radius 1 is 1.45 bits per heavy atom. The number of nitrogens with two attached hydrogens (primary N) is 1. The van der Waals surface area contributed by atoms with Crippen molar-refractivity contribution in [1.29, 1.82) is 0 Å². The number of hydrogen-bond donors (Lipinski definition) is 3. The van der Waals surface area contributed by atoms with Crippen LogP contribution in [0.25, 0.3) is 0 Å². The molecule has 0 radical (unpaired) electrons. The highest BCUT2D eigenvalue weighted by Gasteiger charge is 2.11. The topological polar surface area (TPSA) is 91.3 Å². The minimum atomic E-state index is 0.0762. The van der Waals surface area contributed by atoms with Gasteiger partial charge in [-0.05, 0) is 31.2 Å². The molecule has 1 aromatic rings. The fourth-order valence-corrected chi connectivity index (χ4v) is 2.00. The van der Waals surface area contributed by atoms with Crippen molar-refractivity contribution >= 4 is 5.84 Å². The average Bonchev–Trinajstić information content (AvgIpc) is 2.50. The third-order valence-electron chi connectivity index (χ3n) is 3.16. The second-order valence-electron chi connectivity index (χ2n) is 4.46. The van der Waals surface area contributed by atoms with Gasteiger partial charge in [-0.1, -0.05) is 12.1 Å². The molecule has 0 unspecified atom stereocenters. The minimum Gasteiger partial charge on any atom is -0.496 e. The summed E-state index contributed by atoms with van der Waals surface area (Å²) in [5, 5.41) is 20.7. The molecule has 0 spiro atoms. The molecule has 6 heteroatoms. The van der Waals surface area contributed by atoms with Gasteiger partial charge in [0, 0.05) is 30.8 Å². The van der Waals surface area contributed by atoms with Crippen LogP contribution in [0.1, 0.15) is 24.5 Å². The van der Waals surface area contributed by atoms with Gasteiger partial charge in [-0.2, -0.15) is 0 Å². The van der Waals surface area contributed by atoms with Crippen molar-refractivity contribution in [2.24, 2.45) is 10.9 Å². The lowest BCUT2D eigenvalue weighted by atomic mass is 10.1. The normalized spacial score (nSPS) is 11.9. The van der Waals surface area contributed by atoms with Crippen molar-refractivity contribution in [2.75, 3.05) is 26.8 Å². The number of amidine groups is 1. The molecule has 0 amide bonds. The van der Waals surface area contributed by atoms with Gasteiger partial charge in [-0.25, -0.2) is 0 Å². The summed E-state index contributed by atoms with van der Waals surface area (Å²) in [4.78, 5) is 2.20. The quantitative estimate of drug-likeness (QED) is 0.286. The molecule has 0 aromatic heterocycles. The number of oxime groups is 1. The third-order valence-corrected chi connectivity index (χ3v) is 3.16. The molecule has 1 rings (SSSR count). The van der Waals surface area contributed by atoms with Gasteiger partial charge in [0.15, 0.2) is 5.84 Å². The SMILES string of the molecule is CCN(CCCO)Cc1cc(/C(N)=N/O)ccc1OC. The van der Waals surface area contributed by atoms with E-state index in [4.69, 9.17) is 20.8 Å². The summed E-state index contributed by atoms with van der Waals surface area (Å²) in [6, 6.07) is 5.42. The molecular formula is C14H23N3O3. The molecule has 0 heterocycles. The molecule has 0 atom stereocenters. The van der Waals surface area contributed by atoms with Gasteiger partial charge in [0.05, 0.1) is 7.11 Å². The number of nitrogens with zero attached hydrogens (tertiary/aromatic N) is 2. The Morgan fingerprint density at radius 2 is 2.20 bits per heavy atom. The molecule has 112 valence electrons. The van der Waals surface area contributed by atoms with Crippen LogP contribution in [0, 0.1) is 0 Å². The lowest BCUT2D eigenvalue weighted by Gasteiger charge is -2.21. The summed E-state index contributed by atoms with van der Waals surface area (Å²) < 4.78 is 5.34. The lowest BCUT2D eigenvalue weighted by Crippen LogP contribution is -2.25. The Kier molecular flexibility index (Phi) is 6.83. The molecule has 0 fully saturated rings. The van der Waals surface area contributed by atoms with Crippen molar-refractivity contribution in [3.8, 4) is 5.75 Å². The molecule has 0 aliphatic heterocycles. The van der Waals surface area contributed by atoms with E-state index in [-0.39, 0.29) is 12.4 Å². The van der Waals surface area contributed by atoms with Crippen LogP contribution in [0.2, 0.25) is 0 Å². The van der Waals surface area contributed by atoms with E-state index in [1.807, 2.05) is 12.1 Å². The van der Waals surface area contributed by atoms with Crippen LogP contribution in [0.15, 0.2) is 23.4 Å². The van der Waals surface area contributed by atoms with Crippen LogP contribution in [0.5, 0.6) is 5.75 Å². The van der Waals surface area contributed by atoms with E-state index in [0.717, 1.165) is 30.8 Å². The summed E-state index contributed by atoms with van der Waals surface area (Å²) in [5.41, 5.74) is 7.23. The van der Waals surface area contributed by atoms with E-state index in [2.05, 4.69) is 17.0 Å². The molecule has 0 bridgehead atoms. The van der Waals surface area contributed by atoms with Gasteiger partial charge in [-0.15, -0.1) is 0 Å². The zero-order valence-electron chi connectivity index (χ0n) is 12.0. The Bertz CT molecular complexity index is 449. The first-order valence-electron chi connectivity index (χ1n) is 6.64. The first kappa shape index (κ1) is 16.3. The van der Waals surface area contributed by atoms with Gasteiger partial charge in [0.25, 0.3) is 0 Å². The van der Waals surface area contributed by atoms with Crippen LogP contribution >= 0.6 is 0 Å². The number of aliphatic hydroxyl groups is 1. The van der Waals surface area contributed by atoms with Gasteiger partial charge < -0.3 is 20.8 Å². The standard InChI is InChI=1S/C14H23N3O3/c1-3-17(7-4-8-18)10-12-9-11(14(15)16-19)5-6-13(12)20-2/h5-6,9,18-19H,3-4,7-8,10H2,1-2H3,(H2,15,16). The van der Waals surface area contributed by atoms with E-state index in [0.29, 0.717) is 12.1 Å². The van der Waals surface area contributed by atoms with Crippen LogP contribution in [0.3, 0.4) is 0 Å². The Morgan fingerprint density at radius 3 is 2.75 bits per heavy atom. The number of hydrogen-bond acceptors (Lipinski definition) is 5. The monoisotopic (exact) mass is 281 g/mol. The maximum absolute atomic E-state index is 8.91. The molecule has 0 aliphatic carbocycles. The molecule has 0 saturated carbocycles. The predicted octanol–water partition coefficient (Wildman–Crippen LogP) is 0.994. The van der Waals surface area contributed by atoms with Gasteiger partial charge >= 0.3 is 0 Å². The van der Waals surface area contributed by atoms with Gasteiger partial charge in [0.2, 0.25) is 0 Å². The molecule has 0 saturated heterocycles. The number of benzene rings is 1. The third kappa shape index (κ3) is 4.40. The van der Waals surface area contributed by atoms with E-state index in [1.54, 1.807) is 13.2 Å². The van der Waals surface area contributed by atoms with Crippen LogP contribution in [-0.2, 0) is 6.54 Å². The van der Waals surface area contributed by atoms with E-state index in [1.165, 1.54) is 0 Å². The number of methoxy groups -OCH3 is 1. The highest BCUT2D eigenvalue weighted by molar-refractivity contribution is 5.97. The predicted molar refractivity (Wildman–Crippen MR) is 78.2 cm³/mol. The maximum atomic E-state index is 8.91. The first-order valence-corrected chi connectivity index (χ1v) is 6.64. The van der Waals surface area contributed by atoms with E-state index in [9.17, 15) is 0 Å². The number of rotatable bonds is 8. The molecule has 6 nitrogen and oxygen atoms in total. The Balaban J connectivity index is 2.95. The zero-order chi connectivity index (χ0) is 15.0. The van der Waals surface area contributed by atoms with Crippen molar-refractivity contribution in [3.05, 3.63) is 29.3 Å². The fraction of sp³-hybridized carbons (Fsp3) is 0.500. The fourth-order valence-electron chi connectivity index (χ4n) is 2.00. The Labute approximate surface area is 119 Å². The summed E-state index contributed by atoms with van der Waals surface area (Å²) in [6.07, 6.45) is 0.732. The lowest BCUT2D eigenvalue weighted by molar-refractivity contribution is 0.223. The summed E-state index contributed by atoms with van der Waals surface area (Å²) >= 11 is 0. The largest absolute Gasteiger partial charge is 0.496 e. The summed E-state index contributed by atoms with van der Waals surface area (Å²) in [6.45, 7) is 4.61. The highest BCUT2D eigenvalue weighted by atomic mass is 16.5. The van der Waals surface area contributed by atoms with Gasteiger partial charge in [-0.3, -0.25) is 4.90 Å². The van der Waals surface area contributed by atoms with Gasteiger partial charge in [0.1, 0.15) is 5.75 Å². The van der Waals surface area contributed by atoms with Crippen molar-refractivity contribution in [2.45, 2.75) is 19.9 Å². The summed E-state index contributed by atoms with van der Waals surface area (Å²) in [7, 11) is 1.62.